The summed E-state index contributed by atoms with van der Waals surface area (Å²) in [6, 6.07) is 0.245. The van der Waals surface area contributed by atoms with Gasteiger partial charge in [0.25, 0.3) is 0 Å². The monoisotopic (exact) mass is 186 g/mol. The third kappa shape index (κ3) is 2.42. The highest BCUT2D eigenvalue weighted by atomic mass is 16.5. The molecule has 76 valence electrons. The molecule has 1 saturated heterocycles. The van der Waals surface area contributed by atoms with E-state index >= 15 is 0 Å². The van der Waals surface area contributed by atoms with Crippen LogP contribution >= 0.6 is 0 Å². The van der Waals surface area contributed by atoms with Crippen LogP contribution < -0.4 is 5.32 Å². The molecule has 2 atom stereocenters. The molecule has 1 N–H and O–H groups in total. The van der Waals surface area contributed by atoms with Crippen molar-refractivity contribution < 1.29 is 9.53 Å². The first-order valence-electron chi connectivity index (χ1n) is 4.69. The minimum absolute atomic E-state index is 0.0232. The highest BCUT2D eigenvalue weighted by molar-refractivity contribution is 5.83. The van der Waals surface area contributed by atoms with Gasteiger partial charge < -0.3 is 9.64 Å². The Morgan fingerprint density at radius 1 is 1.77 bits per heavy atom. The van der Waals surface area contributed by atoms with E-state index in [2.05, 4.69) is 12.2 Å². The molecule has 0 radical (unpaired) electrons. The quantitative estimate of drug-likeness (QED) is 0.681. The molecule has 0 spiro atoms. The van der Waals surface area contributed by atoms with Gasteiger partial charge in [0.05, 0.1) is 12.7 Å². The summed E-state index contributed by atoms with van der Waals surface area (Å²) in [4.78, 5) is 13.4. The van der Waals surface area contributed by atoms with E-state index in [1.165, 1.54) is 0 Å². The maximum absolute atomic E-state index is 11.5. The Hall–Kier alpha value is -0.610. The number of hydrogen-bond donors (Lipinski definition) is 1. The molecular formula is C9H18N2O2. The first kappa shape index (κ1) is 10.5. The van der Waals surface area contributed by atoms with Crippen LogP contribution in [0.15, 0.2) is 0 Å². The van der Waals surface area contributed by atoms with Gasteiger partial charge >= 0.3 is 0 Å². The van der Waals surface area contributed by atoms with Gasteiger partial charge in [-0.1, -0.05) is 0 Å². The predicted molar refractivity (Wildman–Crippen MR) is 50.3 cm³/mol. The van der Waals surface area contributed by atoms with Crippen molar-refractivity contribution in [3.63, 3.8) is 0 Å². The lowest BCUT2D eigenvalue weighted by atomic mass is 10.2. The minimum atomic E-state index is -0.0232. The zero-order valence-electron chi connectivity index (χ0n) is 8.54. The topological polar surface area (TPSA) is 41.6 Å². The SMILES string of the molecule is COCCC(C)N1CNC(C)C1=O. The number of ether oxygens (including phenoxy) is 1. The molecule has 0 saturated carbocycles. The van der Waals surface area contributed by atoms with E-state index in [1.807, 2.05) is 11.8 Å². The Labute approximate surface area is 79.2 Å². The highest BCUT2D eigenvalue weighted by Crippen LogP contribution is 2.10. The maximum atomic E-state index is 11.5. The molecule has 4 nitrogen and oxygen atoms in total. The number of methoxy groups -OCH3 is 1. The zero-order chi connectivity index (χ0) is 9.84. The molecule has 0 bridgehead atoms. The first-order valence-corrected chi connectivity index (χ1v) is 4.69. The second-order valence-electron chi connectivity index (χ2n) is 3.52. The molecule has 0 aliphatic carbocycles. The molecule has 0 aromatic heterocycles. The van der Waals surface area contributed by atoms with Gasteiger partial charge in [-0.25, -0.2) is 0 Å². The van der Waals surface area contributed by atoms with E-state index in [1.54, 1.807) is 7.11 Å². The fourth-order valence-corrected chi connectivity index (χ4v) is 1.47. The van der Waals surface area contributed by atoms with Crippen molar-refractivity contribution in [1.82, 2.24) is 10.2 Å². The van der Waals surface area contributed by atoms with Crippen LogP contribution in [-0.2, 0) is 9.53 Å². The molecular weight excluding hydrogens is 168 g/mol. The second kappa shape index (κ2) is 4.58. The van der Waals surface area contributed by atoms with Gasteiger partial charge in [0.2, 0.25) is 5.91 Å². The Morgan fingerprint density at radius 3 is 2.92 bits per heavy atom. The molecule has 1 amide bonds. The minimum Gasteiger partial charge on any atom is -0.385 e. The van der Waals surface area contributed by atoms with Gasteiger partial charge in [-0.3, -0.25) is 10.1 Å². The normalized spacial score (nSPS) is 25.3. The Kier molecular flexibility index (Phi) is 3.69. The van der Waals surface area contributed by atoms with Crippen molar-refractivity contribution in [2.45, 2.75) is 32.4 Å². The fourth-order valence-electron chi connectivity index (χ4n) is 1.47. The van der Waals surface area contributed by atoms with Crippen LogP contribution in [0.1, 0.15) is 20.3 Å². The summed E-state index contributed by atoms with van der Waals surface area (Å²) in [6.07, 6.45) is 0.899. The standard InChI is InChI=1S/C9H18N2O2/c1-7(4-5-13-3)11-6-10-8(2)9(11)12/h7-8,10H,4-6H2,1-3H3. The number of nitrogens with one attached hydrogen (secondary N) is 1. The third-order valence-corrected chi connectivity index (χ3v) is 2.49. The van der Waals surface area contributed by atoms with Crippen molar-refractivity contribution in [1.29, 1.82) is 0 Å². The van der Waals surface area contributed by atoms with E-state index in [-0.39, 0.29) is 18.0 Å². The van der Waals surface area contributed by atoms with Gasteiger partial charge in [0, 0.05) is 19.8 Å². The van der Waals surface area contributed by atoms with E-state index in [9.17, 15) is 4.79 Å². The summed E-state index contributed by atoms with van der Waals surface area (Å²) in [5.74, 6) is 0.198. The zero-order valence-corrected chi connectivity index (χ0v) is 8.54. The van der Waals surface area contributed by atoms with Crippen molar-refractivity contribution in [3.05, 3.63) is 0 Å². The average molecular weight is 186 g/mol. The number of amides is 1. The number of nitrogens with zero attached hydrogens (tertiary/aromatic N) is 1. The van der Waals surface area contributed by atoms with E-state index in [4.69, 9.17) is 4.74 Å². The van der Waals surface area contributed by atoms with Crippen molar-refractivity contribution in [2.75, 3.05) is 20.4 Å². The number of hydrogen-bond acceptors (Lipinski definition) is 3. The van der Waals surface area contributed by atoms with Gasteiger partial charge in [-0.05, 0) is 20.3 Å². The number of rotatable bonds is 4. The molecule has 1 rings (SSSR count). The van der Waals surface area contributed by atoms with Crippen LogP contribution in [0.4, 0.5) is 0 Å². The van der Waals surface area contributed by atoms with E-state index in [0.717, 1.165) is 6.42 Å². The van der Waals surface area contributed by atoms with Gasteiger partial charge in [0.1, 0.15) is 0 Å². The third-order valence-electron chi connectivity index (χ3n) is 2.49. The molecule has 2 unspecified atom stereocenters. The van der Waals surface area contributed by atoms with Crippen LogP contribution in [0.25, 0.3) is 0 Å². The molecule has 4 heteroatoms. The lowest BCUT2D eigenvalue weighted by molar-refractivity contribution is -0.130. The smallest absolute Gasteiger partial charge is 0.240 e. The summed E-state index contributed by atoms with van der Waals surface area (Å²) in [6.45, 7) is 5.33. The van der Waals surface area contributed by atoms with Gasteiger partial charge in [0.15, 0.2) is 0 Å². The number of carbonyl (C=O) groups is 1. The van der Waals surface area contributed by atoms with Crippen molar-refractivity contribution in [3.8, 4) is 0 Å². The Balaban J connectivity index is 2.39. The maximum Gasteiger partial charge on any atom is 0.240 e. The molecule has 1 aliphatic rings. The first-order chi connectivity index (χ1) is 6.16. The molecule has 1 fully saturated rings. The molecule has 0 aromatic rings. The van der Waals surface area contributed by atoms with Gasteiger partial charge in [-0.15, -0.1) is 0 Å². The van der Waals surface area contributed by atoms with E-state index < -0.39 is 0 Å². The largest absolute Gasteiger partial charge is 0.385 e. The highest BCUT2D eigenvalue weighted by Gasteiger charge is 2.30. The fraction of sp³-hybridized carbons (Fsp3) is 0.889. The molecule has 1 heterocycles. The summed E-state index contributed by atoms with van der Waals surface area (Å²) >= 11 is 0. The Bertz CT molecular complexity index is 184. The number of carbonyl (C=O) groups excluding carboxylic acids is 1. The van der Waals surface area contributed by atoms with Crippen LogP contribution in [-0.4, -0.2) is 43.3 Å². The Morgan fingerprint density at radius 2 is 2.46 bits per heavy atom. The molecule has 13 heavy (non-hydrogen) atoms. The summed E-state index contributed by atoms with van der Waals surface area (Å²) in [5, 5.41) is 3.11. The average Bonchev–Trinajstić information content (AvgIpc) is 2.44. The van der Waals surface area contributed by atoms with Crippen molar-refractivity contribution in [2.24, 2.45) is 0 Å². The van der Waals surface area contributed by atoms with E-state index in [0.29, 0.717) is 13.3 Å². The lowest BCUT2D eigenvalue weighted by Gasteiger charge is -2.23. The lowest BCUT2D eigenvalue weighted by Crippen LogP contribution is -2.36. The predicted octanol–water partition coefficient (Wildman–Crippen LogP) is 0.189. The van der Waals surface area contributed by atoms with Crippen LogP contribution in [0, 0.1) is 0 Å². The van der Waals surface area contributed by atoms with Crippen LogP contribution in [0.5, 0.6) is 0 Å². The van der Waals surface area contributed by atoms with Gasteiger partial charge in [-0.2, -0.15) is 0 Å². The second-order valence-corrected chi connectivity index (χ2v) is 3.52. The van der Waals surface area contributed by atoms with Crippen LogP contribution in [0.3, 0.4) is 0 Å². The summed E-state index contributed by atoms with van der Waals surface area (Å²) < 4.78 is 4.98. The summed E-state index contributed by atoms with van der Waals surface area (Å²) in [7, 11) is 1.68. The summed E-state index contributed by atoms with van der Waals surface area (Å²) in [5.41, 5.74) is 0. The van der Waals surface area contributed by atoms with Crippen LogP contribution in [0.2, 0.25) is 0 Å². The van der Waals surface area contributed by atoms with Crippen molar-refractivity contribution >= 4 is 5.91 Å². The molecule has 1 aliphatic heterocycles. The molecule has 0 aromatic carbocycles.